The van der Waals surface area contributed by atoms with Crippen molar-refractivity contribution < 1.29 is 14.3 Å². The van der Waals surface area contributed by atoms with Crippen LogP contribution in [0.4, 0.5) is 0 Å². The summed E-state index contributed by atoms with van der Waals surface area (Å²) in [4.78, 5) is 39.6. The molecule has 0 N–H and O–H groups in total. The van der Waals surface area contributed by atoms with E-state index >= 15 is 0 Å². The number of allylic oxidation sites excluding steroid dienone is 1. The van der Waals surface area contributed by atoms with E-state index < -0.39 is 11.6 Å². The molecule has 216 valence electrons. The van der Waals surface area contributed by atoms with Gasteiger partial charge in [0, 0.05) is 35.4 Å². The van der Waals surface area contributed by atoms with Crippen LogP contribution < -0.4 is 0 Å². The van der Waals surface area contributed by atoms with Crippen molar-refractivity contribution in [2.45, 2.75) is 51.2 Å². The summed E-state index contributed by atoms with van der Waals surface area (Å²) in [6, 6.07) is 15.1. The highest BCUT2D eigenvalue weighted by Crippen LogP contribution is 2.56. The number of halogens is 2. The fourth-order valence-electron chi connectivity index (χ4n) is 6.46. The van der Waals surface area contributed by atoms with Crippen LogP contribution in [-0.2, 0) is 19.9 Å². The zero-order valence-electron chi connectivity index (χ0n) is 23.5. The average molecular weight is 614 g/mol. The van der Waals surface area contributed by atoms with Gasteiger partial charge in [-0.05, 0) is 72.8 Å². The number of hydrogen-bond donors (Lipinski definition) is 0. The number of amidine groups is 1. The first-order valence-electron chi connectivity index (χ1n) is 14.2. The number of thioether (sulfide) groups is 1. The Morgan fingerprint density at radius 1 is 1.00 bits per heavy atom. The van der Waals surface area contributed by atoms with E-state index in [9.17, 15) is 9.59 Å². The van der Waals surface area contributed by atoms with Crippen LogP contribution in [0.3, 0.4) is 0 Å². The van der Waals surface area contributed by atoms with Gasteiger partial charge in [-0.15, -0.1) is 0 Å². The summed E-state index contributed by atoms with van der Waals surface area (Å²) < 4.78 is 5.44. The third-order valence-electron chi connectivity index (χ3n) is 8.49. The monoisotopic (exact) mass is 612 g/mol. The molecule has 41 heavy (non-hydrogen) atoms. The molecule has 6 rings (SSSR count). The van der Waals surface area contributed by atoms with Gasteiger partial charge in [0.2, 0.25) is 5.91 Å². The molecule has 4 heterocycles. The molecule has 7 nitrogen and oxygen atoms in total. The first-order valence-corrected chi connectivity index (χ1v) is 15.8. The Labute approximate surface area is 255 Å². The zero-order chi connectivity index (χ0) is 28.9. The van der Waals surface area contributed by atoms with Crippen LogP contribution in [0.5, 0.6) is 0 Å². The van der Waals surface area contributed by atoms with Crippen LogP contribution in [0.25, 0.3) is 0 Å². The molecule has 0 spiro atoms. The number of carbonyl (C=O) groups excluding carboxylic acids is 2. The third kappa shape index (κ3) is 5.07. The van der Waals surface area contributed by atoms with E-state index in [1.54, 1.807) is 4.90 Å². The topological polar surface area (TPSA) is 65.5 Å². The maximum Gasteiger partial charge on any atom is 0.263 e. The number of nitrogens with zero attached hydrogens (tertiary/aromatic N) is 4. The summed E-state index contributed by atoms with van der Waals surface area (Å²) in [6.45, 7) is 9.16. The molecular weight excluding hydrogens is 579 g/mol. The Hall–Kier alpha value is -2.52. The molecule has 2 saturated heterocycles. The van der Waals surface area contributed by atoms with Gasteiger partial charge < -0.3 is 19.4 Å². The van der Waals surface area contributed by atoms with Gasteiger partial charge in [-0.2, -0.15) is 0 Å². The number of rotatable bonds is 5. The number of amides is 2. The third-order valence-corrected chi connectivity index (χ3v) is 10.0. The molecule has 2 fully saturated rings. The number of hydrogen-bond acceptors (Lipinski definition) is 6. The van der Waals surface area contributed by atoms with Crippen molar-refractivity contribution in [2.24, 2.45) is 10.9 Å². The fourth-order valence-corrected chi connectivity index (χ4v) is 8.07. The summed E-state index contributed by atoms with van der Waals surface area (Å²) in [5, 5.41) is 2.13. The molecule has 2 amide bonds. The maximum absolute atomic E-state index is 14.3. The van der Waals surface area contributed by atoms with Gasteiger partial charge in [0.25, 0.3) is 5.91 Å². The molecule has 4 aliphatic heterocycles. The van der Waals surface area contributed by atoms with E-state index in [0.717, 1.165) is 28.4 Å². The lowest BCUT2D eigenvalue weighted by molar-refractivity contribution is -0.144. The molecule has 10 heteroatoms. The Morgan fingerprint density at radius 3 is 2.27 bits per heavy atom. The SMILES string of the molecule is CC(C)C1=C(C(=O)N2CCC[C@H]2C(=O)N2CCOCC2)SC2=N[C@@](C)(c3ccc(Cl)cc3)[C@@H](c3ccc(Cl)cc3)N21. The van der Waals surface area contributed by atoms with E-state index in [-0.39, 0.29) is 23.8 Å². The molecule has 0 aromatic heterocycles. The lowest BCUT2D eigenvalue weighted by atomic mass is 9.81. The van der Waals surface area contributed by atoms with Crippen LogP contribution in [0.2, 0.25) is 10.0 Å². The number of carbonyl (C=O) groups is 2. The fraction of sp³-hybridized carbons (Fsp3) is 0.452. The Kier molecular flexibility index (Phi) is 7.87. The number of aliphatic imine (C=N–C) groups is 1. The molecule has 4 aliphatic rings. The second-order valence-corrected chi connectivity index (χ2v) is 13.3. The molecule has 2 aromatic rings. The molecule has 0 unspecified atom stereocenters. The normalized spacial score (nSPS) is 26.2. The highest BCUT2D eigenvalue weighted by atomic mass is 35.5. The smallest absolute Gasteiger partial charge is 0.263 e. The number of morpholine rings is 1. The van der Waals surface area contributed by atoms with Crippen molar-refractivity contribution in [1.82, 2.24) is 14.7 Å². The lowest BCUT2D eigenvalue weighted by Gasteiger charge is -2.37. The molecule has 0 bridgehead atoms. The molecule has 3 atom stereocenters. The second kappa shape index (κ2) is 11.3. The van der Waals surface area contributed by atoms with E-state index in [0.29, 0.717) is 54.2 Å². The highest BCUT2D eigenvalue weighted by molar-refractivity contribution is 8.18. The summed E-state index contributed by atoms with van der Waals surface area (Å²) in [6.07, 6.45) is 1.50. The van der Waals surface area contributed by atoms with Crippen molar-refractivity contribution >= 4 is 51.9 Å². The van der Waals surface area contributed by atoms with Crippen molar-refractivity contribution in [2.75, 3.05) is 32.8 Å². The molecule has 2 aromatic carbocycles. The van der Waals surface area contributed by atoms with E-state index in [4.69, 9.17) is 32.9 Å². The quantitative estimate of drug-likeness (QED) is 0.409. The van der Waals surface area contributed by atoms with Crippen LogP contribution >= 0.6 is 35.0 Å². The first kappa shape index (κ1) is 28.6. The van der Waals surface area contributed by atoms with Gasteiger partial charge >= 0.3 is 0 Å². The van der Waals surface area contributed by atoms with Crippen molar-refractivity contribution in [3.8, 4) is 0 Å². The molecular formula is C31H34Cl2N4O3S. The van der Waals surface area contributed by atoms with Gasteiger partial charge in [-0.3, -0.25) is 9.59 Å². The largest absolute Gasteiger partial charge is 0.378 e. The number of benzene rings is 2. The van der Waals surface area contributed by atoms with Gasteiger partial charge in [0.05, 0.1) is 19.3 Å². The van der Waals surface area contributed by atoms with Gasteiger partial charge in [0.15, 0.2) is 5.17 Å². The van der Waals surface area contributed by atoms with Gasteiger partial charge in [-0.1, -0.05) is 61.3 Å². The van der Waals surface area contributed by atoms with Crippen molar-refractivity contribution in [3.63, 3.8) is 0 Å². The highest BCUT2D eigenvalue weighted by Gasteiger charge is 2.54. The number of ether oxygens (including phenoxy) is 1. The van der Waals surface area contributed by atoms with Gasteiger partial charge in [0.1, 0.15) is 16.5 Å². The summed E-state index contributed by atoms with van der Waals surface area (Å²) in [7, 11) is 0. The lowest BCUT2D eigenvalue weighted by Crippen LogP contribution is -2.51. The Bertz CT molecular complexity index is 1410. The summed E-state index contributed by atoms with van der Waals surface area (Å²) >= 11 is 14.0. The van der Waals surface area contributed by atoms with Crippen LogP contribution in [0.1, 0.15) is 50.8 Å². The summed E-state index contributed by atoms with van der Waals surface area (Å²) in [5.74, 6) is -0.00323. The molecule has 0 saturated carbocycles. The van der Waals surface area contributed by atoms with E-state index in [2.05, 4.69) is 25.7 Å². The van der Waals surface area contributed by atoms with Crippen molar-refractivity contribution in [3.05, 3.63) is 80.3 Å². The number of fused-ring (bicyclic) bond motifs is 1. The molecule has 0 aliphatic carbocycles. The Balaban J connectivity index is 1.39. The standard InChI is InChI=1S/C31H34Cl2N4O3S/c1-19(2)25-26(29(39)36-14-4-5-24(36)28(38)35-15-17-40-18-16-35)41-30-34-31(3,21-8-12-23(33)13-9-21)27(37(25)30)20-6-10-22(32)11-7-20/h6-13,19,24,27H,4-5,14-18H2,1-3H3/t24-,27+,31-/m0/s1. The first-order chi connectivity index (χ1) is 19.7. The van der Waals surface area contributed by atoms with Crippen LogP contribution in [0, 0.1) is 5.92 Å². The maximum atomic E-state index is 14.3. The van der Waals surface area contributed by atoms with E-state index in [1.807, 2.05) is 53.4 Å². The predicted molar refractivity (Wildman–Crippen MR) is 164 cm³/mol. The summed E-state index contributed by atoms with van der Waals surface area (Å²) in [5.41, 5.74) is 2.41. The minimum absolute atomic E-state index is 0.0287. The van der Waals surface area contributed by atoms with E-state index in [1.165, 1.54) is 11.8 Å². The predicted octanol–water partition coefficient (Wildman–Crippen LogP) is 6.09. The minimum Gasteiger partial charge on any atom is -0.378 e. The zero-order valence-corrected chi connectivity index (χ0v) is 25.8. The van der Waals surface area contributed by atoms with Gasteiger partial charge in [-0.25, -0.2) is 4.99 Å². The molecule has 0 radical (unpaired) electrons. The second-order valence-electron chi connectivity index (χ2n) is 11.4. The number of likely N-dealkylation sites (tertiary alicyclic amines) is 1. The Morgan fingerprint density at radius 2 is 1.63 bits per heavy atom. The minimum atomic E-state index is -0.627. The van der Waals surface area contributed by atoms with Crippen LogP contribution in [0.15, 0.2) is 64.1 Å². The average Bonchev–Trinajstić information content (AvgIpc) is 3.66. The van der Waals surface area contributed by atoms with Crippen LogP contribution in [-0.4, -0.2) is 70.6 Å². The van der Waals surface area contributed by atoms with Crippen molar-refractivity contribution in [1.29, 1.82) is 0 Å².